The highest BCUT2D eigenvalue weighted by Crippen LogP contribution is 2.54. The first-order chi connectivity index (χ1) is 20.0. The number of methoxy groups -OCH3 is 1. The number of para-hydroxylation sites is 1. The number of carbonyl (C=O) groups is 3. The fraction of sp³-hybridized carbons (Fsp3) is 0.406. The van der Waals surface area contributed by atoms with Crippen LogP contribution < -0.4 is 14.5 Å². The van der Waals surface area contributed by atoms with Gasteiger partial charge >= 0.3 is 0 Å². The van der Waals surface area contributed by atoms with Gasteiger partial charge in [0.2, 0.25) is 11.8 Å². The third kappa shape index (κ3) is 4.53. The molecule has 9 heteroatoms. The lowest BCUT2D eigenvalue weighted by Crippen LogP contribution is -2.55. The number of rotatable bonds is 8. The fourth-order valence-corrected chi connectivity index (χ4v) is 6.78. The van der Waals surface area contributed by atoms with Crippen LogP contribution in [0.25, 0.3) is 0 Å². The molecule has 1 unspecified atom stereocenters. The highest BCUT2D eigenvalue weighted by molar-refractivity contribution is 6.07. The average molecular weight is 558 g/mol. The van der Waals surface area contributed by atoms with E-state index < -0.39 is 29.6 Å². The summed E-state index contributed by atoms with van der Waals surface area (Å²) in [5.41, 5.74) is 0.165. The molecule has 0 radical (unpaired) electrons. The summed E-state index contributed by atoms with van der Waals surface area (Å²) in [6.07, 6.45) is 8.85. The monoisotopic (exact) mass is 557 g/mol. The maximum Gasteiger partial charge on any atom is 0.253 e. The van der Waals surface area contributed by atoms with Crippen molar-refractivity contribution in [3.05, 3.63) is 78.9 Å². The number of anilines is 2. The van der Waals surface area contributed by atoms with Crippen LogP contribution in [0.2, 0.25) is 0 Å². The molecule has 3 amide bonds. The van der Waals surface area contributed by atoms with Gasteiger partial charge in [-0.2, -0.15) is 0 Å². The Morgan fingerprint density at radius 1 is 0.878 bits per heavy atom. The zero-order chi connectivity index (χ0) is 28.6. The Kier molecular flexibility index (Phi) is 7.40. The summed E-state index contributed by atoms with van der Waals surface area (Å²) in [7, 11) is 1.59. The third-order valence-electron chi connectivity index (χ3n) is 8.67. The molecule has 1 spiro atoms. The van der Waals surface area contributed by atoms with Crippen molar-refractivity contribution in [3.8, 4) is 5.75 Å². The molecular formula is C32H35N3O6. The standard InChI is InChI=1S/C32H35N3O6/c1-40-24-15-13-23(14-16-24)34-20-9-17-32-27(30(38)35(28(32)31(34)39)18-6-3-7-21-36)26-25(41-32)12-8-19-33(29(26)37)22-10-4-2-5-11-22/h2,4-5,8-17,25-28,36H,3,6-7,18-21H2,1H3/t25-,26+,27-,28?,32-/m0/s1. The summed E-state index contributed by atoms with van der Waals surface area (Å²) in [5, 5.41) is 9.28. The second-order valence-corrected chi connectivity index (χ2v) is 10.9. The van der Waals surface area contributed by atoms with Gasteiger partial charge in [0, 0.05) is 37.6 Å². The van der Waals surface area contributed by atoms with Gasteiger partial charge in [-0.05, 0) is 55.7 Å². The number of unbranched alkanes of at least 4 members (excludes halogenated alkanes) is 2. The summed E-state index contributed by atoms with van der Waals surface area (Å²) in [6, 6.07) is 15.7. The molecule has 9 nitrogen and oxygen atoms in total. The molecule has 2 saturated heterocycles. The zero-order valence-electron chi connectivity index (χ0n) is 23.1. The van der Waals surface area contributed by atoms with E-state index in [0.29, 0.717) is 50.3 Å². The van der Waals surface area contributed by atoms with E-state index in [4.69, 9.17) is 9.47 Å². The average Bonchev–Trinajstić information content (AvgIpc) is 3.30. The van der Waals surface area contributed by atoms with E-state index in [-0.39, 0.29) is 24.3 Å². The quantitative estimate of drug-likeness (QED) is 0.396. The second-order valence-electron chi connectivity index (χ2n) is 10.9. The number of fused-ring (bicyclic) bond motifs is 2. The molecule has 0 aliphatic carbocycles. The third-order valence-corrected chi connectivity index (χ3v) is 8.67. The van der Waals surface area contributed by atoms with Gasteiger partial charge in [0.05, 0.1) is 25.0 Å². The van der Waals surface area contributed by atoms with Crippen LogP contribution in [0.5, 0.6) is 5.75 Å². The molecular weight excluding hydrogens is 522 g/mol. The number of aliphatic hydroxyl groups excluding tert-OH is 1. The maximum absolute atomic E-state index is 14.4. The minimum absolute atomic E-state index is 0.0693. The molecule has 6 rings (SSSR count). The van der Waals surface area contributed by atoms with Crippen LogP contribution in [0.1, 0.15) is 19.3 Å². The molecule has 4 heterocycles. The molecule has 214 valence electrons. The Balaban J connectivity index is 1.40. The van der Waals surface area contributed by atoms with Crippen molar-refractivity contribution in [1.82, 2.24) is 4.90 Å². The second kappa shape index (κ2) is 11.1. The Morgan fingerprint density at radius 3 is 2.32 bits per heavy atom. The molecule has 2 aromatic rings. The number of carbonyl (C=O) groups excluding carboxylic acids is 3. The lowest BCUT2D eigenvalue weighted by atomic mass is 9.77. The molecule has 0 saturated carbocycles. The number of benzene rings is 2. The molecule has 0 aromatic heterocycles. The van der Waals surface area contributed by atoms with Gasteiger partial charge in [-0.1, -0.05) is 42.5 Å². The predicted molar refractivity (Wildman–Crippen MR) is 153 cm³/mol. The first kappa shape index (κ1) is 27.2. The van der Waals surface area contributed by atoms with E-state index in [9.17, 15) is 19.5 Å². The Morgan fingerprint density at radius 2 is 1.59 bits per heavy atom. The smallest absolute Gasteiger partial charge is 0.253 e. The Hall–Kier alpha value is -3.95. The first-order valence-electron chi connectivity index (χ1n) is 14.3. The van der Waals surface area contributed by atoms with Crippen molar-refractivity contribution in [2.24, 2.45) is 11.8 Å². The Labute approximate surface area is 239 Å². The van der Waals surface area contributed by atoms with Crippen LogP contribution in [0.15, 0.2) is 78.9 Å². The van der Waals surface area contributed by atoms with Crippen molar-refractivity contribution in [2.45, 2.75) is 37.0 Å². The highest BCUT2D eigenvalue weighted by Gasteiger charge is 2.71. The zero-order valence-corrected chi connectivity index (χ0v) is 23.1. The SMILES string of the molecule is COc1ccc(N2CC=C[C@]34O[C@H]5C=CCN(c6ccccc6)C(=O)[C@H]5[C@H]3C(=O)N(CCCCCO)C4C2=O)cc1. The van der Waals surface area contributed by atoms with Crippen LogP contribution in [-0.2, 0) is 19.1 Å². The largest absolute Gasteiger partial charge is 0.497 e. The van der Waals surface area contributed by atoms with E-state index in [1.807, 2.05) is 66.8 Å². The van der Waals surface area contributed by atoms with E-state index in [1.165, 1.54) is 0 Å². The van der Waals surface area contributed by atoms with Crippen molar-refractivity contribution < 1.29 is 29.0 Å². The summed E-state index contributed by atoms with van der Waals surface area (Å²) >= 11 is 0. The Bertz CT molecular complexity index is 1360. The molecule has 4 aliphatic heterocycles. The van der Waals surface area contributed by atoms with E-state index in [2.05, 4.69) is 0 Å². The van der Waals surface area contributed by atoms with Crippen LogP contribution >= 0.6 is 0 Å². The van der Waals surface area contributed by atoms with E-state index in [1.54, 1.807) is 33.9 Å². The normalized spacial score (nSPS) is 28.8. The molecule has 5 atom stereocenters. The van der Waals surface area contributed by atoms with Gasteiger partial charge in [0.1, 0.15) is 17.4 Å². The highest BCUT2D eigenvalue weighted by atomic mass is 16.5. The van der Waals surface area contributed by atoms with Gasteiger partial charge < -0.3 is 29.3 Å². The molecule has 4 aliphatic rings. The van der Waals surface area contributed by atoms with Crippen LogP contribution in [-0.4, -0.2) is 78.8 Å². The van der Waals surface area contributed by atoms with E-state index >= 15 is 0 Å². The molecule has 2 aromatic carbocycles. The minimum Gasteiger partial charge on any atom is -0.497 e. The van der Waals surface area contributed by atoms with Crippen molar-refractivity contribution in [3.63, 3.8) is 0 Å². The summed E-state index contributed by atoms with van der Waals surface area (Å²) in [5.74, 6) is -1.59. The van der Waals surface area contributed by atoms with Gasteiger partial charge in [0.25, 0.3) is 5.91 Å². The lowest BCUT2D eigenvalue weighted by molar-refractivity contribution is -0.140. The summed E-state index contributed by atoms with van der Waals surface area (Å²) < 4.78 is 12.0. The number of ether oxygens (including phenoxy) is 2. The fourth-order valence-electron chi connectivity index (χ4n) is 6.78. The number of nitrogens with zero attached hydrogens (tertiary/aromatic N) is 3. The van der Waals surface area contributed by atoms with Crippen molar-refractivity contribution in [1.29, 1.82) is 0 Å². The van der Waals surface area contributed by atoms with Crippen molar-refractivity contribution >= 4 is 29.1 Å². The predicted octanol–water partition coefficient (Wildman–Crippen LogP) is 2.94. The van der Waals surface area contributed by atoms with Gasteiger partial charge in [-0.25, -0.2) is 0 Å². The number of likely N-dealkylation sites (tertiary alicyclic amines) is 1. The lowest BCUT2D eigenvalue weighted by Gasteiger charge is -2.35. The molecule has 1 N–H and O–H groups in total. The number of hydrogen-bond acceptors (Lipinski definition) is 6. The van der Waals surface area contributed by atoms with Gasteiger partial charge in [0.15, 0.2) is 0 Å². The molecule has 41 heavy (non-hydrogen) atoms. The van der Waals surface area contributed by atoms with Gasteiger partial charge in [-0.3, -0.25) is 14.4 Å². The summed E-state index contributed by atoms with van der Waals surface area (Å²) in [4.78, 5) is 47.9. The van der Waals surface area contributed by atoms with Crippen molar-refractivity contribution in [2.75, 3.05) is 43.2 Å². The summed E-state index contributed by atoms with van der Waals surface area (Å²) in [6.45, 7) is 1.09. The van der Waals surface area contributed by atoms with Crippen LogP contribution in [0.4, 0.5) is 11.4 Å². The maximum atomic E-state index is 14.4. The minimum atomic E-state index is -1.28. The van der Waals surface area contributed by atoms with Gasteiger partial charge in [-0.15, -0.1) is 0 Å². The van der Waals surface area contributed by atoms with Crippen LogP contribution in [0, 0.1) is 11.8 Å². The molecule has 0 bridgehead atoms. The number of amides is 3. The van der Waals surface area contributed by atoms with Crippen LogP contribution in [0.3, 0.4) is 0 Å². The number of hydrogen-bond donors (Lipinski definition) is 1. The first-order valence-corrected chi connectivity index (χ1v) is 14.3. The topological polar surface area (TPSA) is 99.6 Å². The van der Waals surface area contributed by atoms with E-state index in [0.717, 1.165) is 5.69 Å². The molecule has 2 fully saturated rings. The number of aliphatic hydroxyl groups is 1.